The van der Waals surface area contributed by atoms with E-state index in [1.165, 1.54) is 25.0 Å². The summed E-state index contributed by atoms with van der Waals surface area (Å²) >= 11 is 0. The van der Waals surface area contributed by atoms with Crippen molar-refractivity contribution in [3.05, 3.63) is 24.3 Å². The molecule has 0 radical (unpaired) electrons. The predicted molar refractivity (Wildman–Crippen MR) is 75.6 cm³/mol. The Balaban J connectivity index is 1.92. The molecule has 0 aromatic heterocycles. The van der Waals surface area contributed by atoms with Gasteiger partial charge in [0.1, 0.15) is 0 Å². The molecule has 5 nitrogen and oxygen atoms in total. The molecule has 0 aliphatic heterocycles. The first kappa shape index (κ1) is 14.4. The van der Waals surface area contributed by atoms with Gasteiger partial charge in [-0.05, 0) is 36.4 Å². The first-order valence-corrected chi connectivity index (χ1v) is 8.08. The van der Waals surface area contributed by atoms with E-state index in [9.17, 15) is 8.42 Å². The number of sulfonamides is 1. The van der Waals surface area contributed by atoms with Gasteiger partial charge in [-0.2, -0.15) is 0 Å². The van der Waals surface area contributed by atoms with Crippen LogP contribution in [0.1, 0.15) is 25.7 Å². The summed E-state index contributed by atoms with van der Waals surface area (Å²) in [5, 5.41) is 18.1. The molecule has 1 saturated carbocycles. The summed E-state index contributed by atoms with van der Waals surface area (Å²) < 4.78 is 26.2. The molecule has 0 amide bonds. The quantitative estimate of drug-likeness (QED) is 0.628. The van der Waals surface area contributed by atoms with Gasteiger partial charge in [-0.3, -0.25) is 4.72 Å². The number of nitrogens with one attached hydrogen (secondary N) is 1. The van der Waals surface area contributed by atoms with Crippen LogP contribution in [0.4, 0.5) is 5.69 Å². The van der Waals surface area contributed by atoms with E-state index in [1.54, 1.807) is 12.1 Å². The third-order valence-electron chi connectivity index (χ3n) is 3.18. The minimum absolute atomic E-state index is 0.107. The second-order valence-electron chi connectivity index (χ2n) is 5.01. The monoisotopic (exact) mass is 283 g/mol. The van der Waals surface area contributed by atoms with Crippen LogP contribution in [0.2, 0.25) is 0 Å². The Morgan fingerprint density at radius 3 is 2.68 bits per heavy atom. The van der Waals surface area contributed by atoms with Gasteiger partial charge in [0.25, 0.3) is 0 Å². The van der Waals surface area contributed by atoms with Crippen molar-refractivity contribution in [2.45, 2.75) is 25.7 Å². The van der Waals surface area contributed by atoms with Crippen LogP contribution >= 0.6 is 0 Å². The Morgan fingerprint density at radius 2 is 2.05 bits per heavy atom. The van der Waals surface area contributed by atoms with Crippen LogP contribution in [-0.2, 0) is 10.0 Å². The van der Waals surface area contributed by atoms with Gasteiger partial charge >= 0.3 is 7.12 Å². The van der Waals surface area contributed by atoms with Gasteiger partial charge < -0.3 is 10.0 Å². The van der Waals surface area contributed by atoms with Crippen LogP contribution in [0.15, 0.2) is 24.3 Å². The molecular formula is C12H18BNO4S. The fourth-order valence-electron chi connectivity index (χ4n) is 1.96. The summed E-state index contributed by atoms with van der Waals surface area (Å²) in [6.07, 6.45) is 4.09. The Labute approximate surface area is 113 Å². The normalized spacial score (nSPS) is 15.3. The molecule has 7 heteroatoms. The standard InChI is InChI=1S/C12H18BNO4S/c15-13(16)11-4-1-5-12(9-11)14-19(17,18)8-2-3-10-6-7-10/h1,4-5,9-10,14-16H,2-3,6-8H2. The number of hydrogen-bond acceptors (Lipinski definition) is 4. The van der Waals surface area contributed by atoms with Crippen molar-refractivity contribution in [2.75, 3.05) is 10.5 Å². The molecule has 0 bridgehead atoms. The first-order valence-electron chi connectivity index (χ1n) is 6.43. The van der Waals surface area contributed by atoms with Gasteiger partial charge in [0.05, 0.1) is 5.75 Å². The smallest absolute Gasteiger partial charge is 0.423 e. The molecule has 2 rings (SSSR count). The van der Waals surface area contributed by atoms with Crippen molar-refractivity contribution in [1.82, 2.24) is 0 Å². The van der Waals surface area contributed by atoms with Gasteiger partial charge in [-0.15, -0.1) is 0 Å². The fraction of sp³-hybridized carbons (Fsp3) is 0.500. The van der Waals surface area contributed by atoms with Crippen LogP contribution in [-0.4, -0.2) is 31.3 Å². The third-order valence-corrected chi connectivity index (χ3v) is 4.55. The second-order valence-corrected chi connectivity index (χ2v) is 6.85. The second kappa shape index (κ2) is 5.94. The molecule has 0 spiro atoms. The van der Waals surface area contributed by atoms with Crippen molar-refractivity contribution >= 4 is 28.3 Å². The molecular weight excluding hydrogens is 265 g/mol. The minimum atomic E-state index is -3.36. The fourth-order valence-corrected chi connectivity index (χ4v) is 3.10. The van der Waals surface area contributed by atoms with Crippen molar-refractivity contribution < 1.29 is 18.5 Å². The minimum Gasteiger partial charge on any atom is -0.423 e. The summed E-state index contributed by atoms with van der Waals surface area (Å²) in [5.41, 5.74) is 0.621. The Hall–Kier alpha value is -1.05. The molecule has 1 aliphatic rings. The van der Waals surface area contributed by atoms with Crippen molar-refractivity contribution in [3.63, 3.8) is 0 Å². The lowest BCUT2D eigenvalue weighted by molar-refractivity contribution is 0.426. The number of hydrogen-bond donors (Lipinski definition) is 3. The van der Waals surface area contributed by atoms with Crippen LogP contribution in [0, 0.1) is 5.92 Å². The van der Waals surface area contributed by atoms with Gasteiger partial charge in [0.2, 0.25) is 10.0 Å². The maximum atomic E-state index is 11.8. The van der Waals surface area contributed by atoms with Gasteiger partial charge in [-0.1, -0.05) is 25.0 Å². The zero-order valence-electron chi connectivity index (χ0n) is 10.6. The summed E-state index contributed by atoms with van der Waals surface area (Å²) in [7, 11) is -4.96. The molecule has 104 valence electrons. The van der Waals surface area contributed by atoms with E-state index < -0.39 is 17.1 Å². The van der Waals surface area contributed by atoms with Crippen molar-refractivity contribution in [1.29, 1.82) is 0 Å². The lowest BCUT2D eigenvalue weighted by atomic mass is 9.80. The van der Waals surface area contributed by atoms with E-state index in [0.717, 1.165) is 12.3 Å². The Morgan fingerprint density at radius 1 is 1.32 bits per heavy atom. The molecule has 0 unspecified atom stereocenters. The van der Waals surface area contributed by atoms with Gasteiger partial charge in [0, 0.05) is 5.69 Å². The summed E-state index contributed by atoms with van der Waals surface area (Å²) in [6.45, 7) is 0. The predicted octanol–water partition coefficient (Wildman–Crippen LogP) is 0.298. The SMILES string of the molecule is O=S(=O)(CCCC1CC1)Nc1cccc(B(O)O)c1. The zero-order chi connectivity index (χ0) is 13.9. The van der Waals surface area contributed by atoms with Gasteiger partial charge in [0.15, 0.2) is 0 Å². The lowest BCUT2D eigenvalue weighted by Crippen LogP contribution is -2.30. The topological polar surface area (TPSA) is 86.6 Å². The highest BCUT2D eigenvalue weighted by molar-refractivity contribution is 7.92. The molecule has 1 fully saturated rings. The van der Waals surface area contributed by atoms with Crippen LogP contribution < -0.4 is 10.2 Å². The number of rotatable bonds is 7. The Bertz CT molecular complexity index is 528. The highest BCUT2D eigenvalue weighted by Gasteiger charge is 2.22. The van der Waals surface area contributed by atoms with Gasteiger partial charge in [-0.25, -0.2) is 8.42 Å². The first-order chi connectivity index (χ1) is 8.96. The molecule has 0 saturated heterocycles. The van der Waals surface area contributed by atoms with Crippen LogP contribution in [0.5, 0.6) is 0 Å². The van der Waals surface area contributed by atoms with E-state index in [0.29, 0.717) is 12.1 Å². The van der Waals surface area contributed by atoms with Crippen molar-refractivity contribution in [2.24, 2.45) is 5.92 Å². The largest absolute Gasteiger partial charge is 0.488 e. The van der Waals surface area contributed by atoms with E-state index in [-0.39, 0.29) is 11.2 Å². The average Bonchev–Trinajstić information content (AvgIpc) is 3.12. The summed E-state index contributed by atoms with van der Waals surface area (Å²) in [6, 6.07) is 6.11. The molecule has 3 N–H and O–H groups in total. The van der Waals surface area contributed by atoms with Crippen LogP contribution in [0.25, 0.3) is 0 Å². The Kier molecular flexibility index (Phi) is 4.49. The lowest BCUT2D eigenvalue weighted by Gasteiger charge is -2.09. The molecule has 1 aliphatic carbocycles. The average molecular weight is 283 g/mol. The van der Waals surface area contributed by atoms with Crippen molar-refractivity contribution in [3.8, 4) is 0 Å². The molecule has 0 atom stereocenters. The highest BCUT2D eigenvalue weighted by atomic mass is 32.2. The molecule has 1 aromatic carbocycles. The molecule has 1 aromatic rings. The highest BCUT2D eigenvalue weighted by Crippen LogP contribution is 2.33. The maximum absolute atomic E-state index is 11.8. The number of benzene rings is 1. The van der Waals surface area contributed by atoms with E-state index in [1.807, 2.05) is 0 Å². The maximum Gasteiger partial charge on any atom is 0.488 e. The van der Waals surface area contributed by atoms with E-state index in [2.05, 4.69) is 4.72 Å². The third kappa shape index (κ3) is 4.85. The summed E-state index contributed by atoms with van der Waals surface area (Å²) in [5.74, 6) is 0.832. The molecule has 19 heavy (non-hydrogen) atoms. The zero-order valence-corrected chi connectivity index (χ0v) is 11.4. The van der Waals surface area contributed by atoms with E-state index >= 15 is 0 Å². The molecule has 0 heterocycles. The van der Waals surface area contributed by atoms with E-state index in [4.69, 9.17) is 10.0 Å². The summed E-state index contributed by atoms with van der Waals surface area (Å²) in [4.78, 5) is 0. The number of anilines is 1. The van der Waals surface area contributed by atoms with Crippen LogP contribution in [0.3, 0.4) is 0 Å².